The zero-order valence-electron chi connectivity index (χ0n) is 10.7. The Morgan fingerprint density at radius 1 is 1.33 bits per heavy atom. The monoisotopic (exact) mass is 243 g/mol. The first kappa shape index (κ1) is 12.4. The predicted octanol–water partition coefficient (Wildman–Crippen LogP) is 2.40. The van der Waals surface area contributed by atoms with Crippen molar-refractivity contribution in [1.82, 2.24) is 15.2 Å². The molecule has 2 aromatic rings. The number of aromatic nitrogens is 1. The maximum atomic E-state index is 11.7. The number of urea groups is 1. The summed E-state index contributed by atoms with van der Waals surface area (Å²) in [6.07, 6.45) is 1.77. The standard InChI is InChI=1S/C14H17N3O/c1-3-17(2)14(18)16-10-12-7-4-6-11-8-5-9-15-13(11)12/h4-9H,3,10H2,1-2H3,(H,16,18). The smallest absolute Gasteiger partial charge is 0.317 e. The van der Waals surface area contributed by atoms with E-state index >= 15 is 0 Å². The van der Waals surface area contributed by atoms with Crippen LogP contribution in [0.5, 0.6) is 0 Å². The summed E-state index contributed by atoms with van der Waals surface area (Å²) in [5.41, 5.74) is 1.98. The molecule has 0 radical (unpaired) electrons. The van der Waals surface area contributed by atoms with E-state index in [1.807, 2.05) is 37.3 Å². The van der Waals surface area contributed by atoms with Crippen LogP contribution in [0.4, 0.5) is 4.79 Å². The van der Waals surface area contributed by atoms with E-state index in [9.17, 15) is 4.79 Å². The molecule has 1 N–H and O–H groups in total. The molecule has 0 saturated carbocycles. The molecule has 0 atom stereocenters. The van der Waals surface area contributed by atoms with Gasteiger partial charge in [0.2, 0.25) is 0 Å². The number of hydrogen-bond acceptors (Lipinski definition) is 2. The fourth-order valence-corrected chi connectivity index (χ4v) is 1.76. The van der Waals surface area contributed by atoms with Crippen LogP contribution < -0.4 is 5.32 Å². The van der Waals surface area contributed by atoms with Gasteiger partial charge in [-0.2, -0.15) is 0 Å². The van der Waals surface area contributed by atoms with Gasteiger partial charge < -0.3 is 10.2 Å². The van der Waals surface area contributed by atoms with Crippen molar-refractivity contribution in [1.29, 1.82) is 0 Å². The lowest BCUT2D eigenvalue weighted by molar-refractivity contribution is 0.210. The molecule has 0 aliphatic carbocycles. The Labute approximate surface area is 107 Å². The minimum Gasteiger partial charge on any atom is -0.334 e. The molecule has 1 aromatic carbocycles. The second-order valence-corrected chi connectivity index (χ2v) is 4.17. The molecule has 0 fully saturated rings. The van der Waals surface area contributed by atoms with Gasteiger partial charge in [-0.3, -0.25) is 4.98 Å². The van der Waals surface area contributed by atoms with Crippen molar-refractivity contribution in [3.8, 4) is 0 Å². The molecule has 0 spiro atoms. The Hall–Kier alpha value is -2.10. The van der Waals surface area contributed by atoms with Gasteiger partial charge >= 0.3 is 6.03 Å². The number of carbonyl (C=O) groups is 1. The third kappa shape index (κ3) is 2.59. The van der Waals surface area contributed by atoms with E-state index in [1.54, 1.807) is 18.1 Å². The summed E-state index contributed by atoms with van der Waals surface area (Å²) >= 11 is 0. The molecule has 2 rings (SSSR count). The molecule has 0 bridgehead atoms. The van der Waals surface area contributed by atoms with Gasteiger partial charge in [0.25, 0.3) is 0 Å². The minimum atomic E-state index is -0.0644. The minimum absolute atomic E-state index is 0.0644. The van der Waals surface area contributed by atoms with Gasteiger partial charge in [-0.25, -0.2) is 4.79 Å². The zero-order chi connectivity index (χ0) is 13.0. The van der Waals surface area contributed by atoms with E-state index in [0.717, 1.165) is 16.5 Å². The summed E-state index contributed by atoms with van der Waals surface area (Å²) in [5.74, 6) is 0. The van der Waals surface area contributed by atoms with Crippen molar-refractivity contribution in [3.05, 3.63) is 42.1 Å². The quantitative estimate of drug-likeness (QED) is 0.899. The number of pyridine rings is 1. The Morgan fingerprint density at radius 3 is 2.89 bits per heavy atom. The SMILES string of the molecule is CCN(C)C(=O)NCc1cccc2cccnc12. The second kappa shape index (κ2) is 5.49. The average molecular weight is 243 g/mol. The maximum absolute atomic E-state index is 11.7. The van der Waals surface area contributed by atoms with Gasteiger partial charge in [0.15, 0.2) is 0 Å². The molecule has 2 amide bonds. The van der Waals surface area contributed by atoms with Crippen LogP contribution in [-0.2, 0) is 6.54 Å². The Kier molecular flexibility index (Phi) is 3.77. The predicted molar refractivity (Wildman–Crippen MR) is 72.3 cm³/mol. The summed E-state index contributed by atoms with van der Waals surface area (Å²) < 4.78 is 0. The number of benzene rings is 1. The number of fused-ring (bicyclic) bond motifs is 1. The summed E-state index contributed by atoms with van der Waals surface area (Å²) in [6.45, 7) is 3.14. The van der Waals surface area contributed by atoms with E-state index in [2.05, 4.69) is 10.3 Å². The number of amides is 2. The Morgan fingerprint density at radius 2 is 2.11 bits per heavy atom. The van der Waals surface area contributed by atoms with E-state index in [-0.39, 0.29) is 6.03 Å². The van der Waals surface area contributed by atoms with Gasteiger partial charge in [0.1, 0.15) is 0 Å². The number of rotatable bonds is 3. The summed E-state index contributed by atoms with van der Waals surface area (Å²) in [6, 6.07) is 9.86. The highest BCUT2D eigenvalue weighted by atomic mass is 16.2. The number of hydrogen-bond donors (Lipinski definition) is 1. The molecule has 1 heterocycles. The fourth-order valence-electron chi connectivity index (χ4n) is 1.76. The van der Waals surface area contributed by atoms with Crippen molar-refractivity contribution in [2.24, 2.45) is 0 Å². The van der Waals surface area contributed by atoms with Gasteiger partial charge in [-0.05, 0) is 18.6 Å². The molecule has 4 heteroatoms. The lowest BCUT2D eigenvalue weighted by atomic mass is 10.1. The first-order chi connectivity index (χ1) is 8.72. The van der Waals surface area contributed by atoms with Gasteiger partial charge in [-0.15, -0.1) is 0 Å². The van der Waals surface area contributed by atoms with Crippen molar-refractivity contribution < 1.29 is 4.79 Å². The highest BCUT2D eigenvalue weighted by Crippen LogP contribution is 2.15. The van der Waals surface area contributed by atoms with E-state index in [0.29, 0.717) is 13.1 Å². The molecule has 0 aliphatic rings. The van der Waals surface area contributed by atoms with Crippen molar-refractivity contribution in [2.45, 2.75) is 13.5 Å². The second-order valence-electron chi connectivity index (χ2n) is 4.17. The fraction of sp³-hybridized carbons (Fsp3) is 0.286. The molecule has 0 aliphatic heterocycles. The Balaban J connectivity index is 2.15. The summed E-state index contributed by atoms with van der Waals surface area (Å²) in [7, 11) is 1.77. The maximum Gasteiger partial charge on any atom is 0.317 e. The molecular formula is C14H17N3O. The third-order valence-electron chi connectivity index (χ3n) is 2.97. The van der Waals surface area contributed by atoms with Crippen LogP contribution in [0.1, 0.15) is 12.5 Å². The third-order valence-corrected chi connectivity index (χ3v) is 2.97. The lowest BCUT2D eigenvalue weighted by Crippen LogP contribution is -2.36. The van der Waals surface area contributed by atoms with E-state index < -0.39 is 0 Å². The number of para-hydroxylation sites is 1. The van der Waals surface area contributed by atoms with Crippen LogP contribution in [-0.4, -0.2) is 29.5 Å². The molecule has 94 valence electrons. The topological polar surface area (TPSA) is 45.2 Å². The van der Waals surface area contributed by atoms with Crippen LogP contribution in [0.15, 0.2) is 36.5 Å². The normalized spacial score (nSPS) is 10.3. The number of carbonyl (C=O) groups excluding carboxylic acids is 1. The van der Waals surface area contributed by atoms with Crippen LogP contribution in [0.3, 0.4) is 0 Å². The first-order valence-electron chi connectivity index (χ1n) is 6.04. The molecule has 4 nitrogen and oxygen atoms in total. The Bertz CT molecular complexity index is 548. The molecule has 0 unspecified atom stereocenters. The van der Waals surface area contributed by atoms with Crippen molar-refractivity contribution >= 4 is 16.9 Å². The highest BCUT2D eigenvalue weighted by Gasteiger charge is 2.07. The summed E-state index contributed by atoms with van der Waals surface area (Å²) in [5, 5.41) is 3.98. The van der Waals surface area contributed by atoms with Crippen molar-refractivity contribution in [2.75, 3.05) is 13.6 Å². The average Bonchev–Trinajstić information content (AvgIpc) is 2.43. The zero-order valence-corrected chi connectivity index (χ0v) is 10.7. The van der Waals surface area contributed by atoms with E-state index in [4.69, 9.17) is 0 Å². The first-order valence-corrected chi connectivity index (χ1v) is 6.04. The molecule has 0 saturated heterocycles. The highest BCUT2D eigenvalue weighted by molar-refractivity contribution is 5.82. The number of nitrogens with zero attached hydrogens (tertiary/aromatic N) is 2. The van der Waals surface area contributed by atoms with E-state index in [1.165, 1.54) is 0 Å². The molecule has 1 aromatic heterocycles. The molecule has 18 heavy (non-hydrogen) atoms. The van der Waals surface area contributed by atoms with Gasteiger partial charge in [0, 0.05) is 31.7 Å². The van der Waals surface area contributed by atoms with Crippen LogP contribution in [0.25, 0.3) is 10.9 Å². The van der Waals surface area contributed by atoms with Crippen LogP contribution >= 0.6 is 0 Å². The summed E-state index contributed by atoms with van der Waals surface area (Å²) in [4.78, 5) is 17.7. The lowest BCUT2D eigenvalue weighted by Gasteiger charge is -2.15. The van der Waals surface area contributed by atoms with Gasteiger partial charge in [-0.1, -0.05) is 24.3 Å². The number of nitrogens with one attached hydrogen (secondary N) is 1. The van der Waals surface area contributed by atoms with Crippen molar-refractivity contribution in [3.63, 3.8) is 0 Å². The van der Waals surface area contributed by atoms with Gasteiger partial charge in [0.05, 0.1) is 5.52 Å². The van der Waals surface area contributed by atoms with Crippen LogP contribution in [0, 0.1) is 0 Å². The van der Waals surface area contributed by atoms with Crippen LogP contribution in [0.2, 0.25) is 0 Å². The molecular weight excluding hydrogens is 226 g/mol. The largest absolute Gasteiger partial charge is 0.334 e.